The second-order valence-corrected chi connectivity index (χ2v) is 9.25. The summed E-state index contributed by atoms with van der Waals surface area (Å²) in [5.74, 6) is 2.38. The Balaban J connectivity index is 1.65. The summed E-state index contributed by atoms with van der Waals surface area (Å²) >= 11 is 0. The molecule has 0 aromatic heterocycles. The van der Waals surface area contributed by atoms with E-state index in [-0.39, 0.29) is 0 Å². The predicted molar refractivity (Wildman–Crippen MR) is 127 cm³/mol. The van der Waals surface area contributed by atoms with Crippen LogP contribution in [-0.2, 0) is 0 Å². The molecule has 0 nitrogen and oxygen atoms in total. The maximum atomic E-state index is 2.61. The Labute approximate surface area is 177 Å². The first kappa shape index (κ1) is 20.2. The van der Waals surface area contributed by atoms with E-state index < -0.39 is 0 Å². The van der Waals surface area contributed by atoms with Crippen molar-refractivity contribution in [1.29, 1.82) is 0 Å². The molecule has 0 fully saturated rings. The van der Waals surface area contributed by atoms with Gasteiger partial charge in [-0.05, 0) is 64.5 Å². The third kappa shape index (κ3) is 3.87. The summed E-state index contributed by atoms with van der Waals surface area (Å²) < 4.78 is 0. The minimum atomic E-state index is 0.538. The zero-order valence-corrected chi connectivity index (χ0v) is 18.6. The van der Waals surface area contributed by atoms with Crippen LogP contribution in [0.2, 0.25) is 0 Å². The van der Waals surface area contributed by atoms with Crippen molar-refractivity contribution in [3.63, 3.8) is 0 Å². The number of rotatable bonds is 8. The highest BCUT2D eigenvalue weighted by Crippen LogP contribution is 2.49. The Hall–Kier alpha value is -2.08. The fourth-order valence-electron chi connectivity index (χ4n) is 5.66. The highest BCUT2D eigenvalue weighted by Gasteiger charge is 2.31. The van der Waals surface area contributed by atoms with Crippen LogP contribution in [0.3, 0.4) is 0 Å². The van der Waals surface area contributed by atoms with Gasteiger partial charge in [0.25, 0.3) is 0 Å². The molecule has 0 aliphatic heterocycles. The normalized spacial score (nSPS) is 21.9. The van der Waals surface area contributed by atoms with Crippen LogP contribution in [0.15, 0.2) is 60.7 Å². The van der Waals surface area contributed by atoms with Crippen molar-refractivity contribution in [3.05, 3.63) is 82.9 Å². The molecular formula is C29H36. The molecule has 4 atom stereocenters. The molecule has 2 aromatic rings. The van der Waals surface area contributed by atoms with Crippen LogP contribution in [0, 0.1) is 11.8 Å². The quantitative estimate of drug-likeness (QED) is 0.427. The smallest absolute Gasteiger partial charge is 0.00389 e. The molecule has 2 aliphatic rings. The molecule has 0 saturated carbocycles. The fraction of sp³-hybridized carbons (Fsp3) is 0.448. The molecule has 2 aromatic carbocycles. The van der Waals surface area contributed by atoms with Crippen molar-refractivity contribution >= 4 is 11.1 Å². The van der Waals surface area contributed by atoms with Crippen LogP contribution in [0.25, 0.3) is 11.1 Å². The summed E-state index contributed by atoms with van der Waals surface area (Å²) in [4.78, 5) is 0. The van der Waals surface area contributed by atoms with Crippen molar-refractivity contribution in [2.45, 2.75) is 71.6 Å². The lowest BCUT2D eigenvalue weighted by Crippen LogP contribution is -2.01. The Kier molecular flexibility index (Phi) is 6.09. The standard InChI is InChI=1S/C29H36/c1-5-11-20(3)28-18-22(24-13-7-9-15-26(24)28)17-23-19-29(21(4)12-6-2)27-16-10-8-14-25(23)27/h7-10,13-16,18-23H,5-6,11-12,17H2,1-4H3. The van der Waals surface area contributed by atoms with Crippen LogP contribution in [0.5, 0.6) is 0 Å². The average molecular weight is 385 g/mol. The Morgan fingerprint density at radius 2 is 1.07 bits per heavy atom. The van der Waals surface area contributed by atoms with E-state index in [0.29, 0.717) is 23.7 Å². The summed E-state index contributed by atoms with van der Waals surface area (Å²) in [5, 5.41) is 0. The molecule has 0 spiro atoms. The minimum absolute atomic E-state index is 0.538. The van der Waals surface area contributed by atoms with Gasteiger partial charge in [0.1, 0.15) is 0 Å². The Morgan fingerprint density at radius 1 is 0.655 bits per heavy atom. The summed E-state index contributed by atoms with van der Waals surface area (Å²) in [5.41, 5.74) is 9.28. The summed E-state index contributed by atoms with van der Waals surface area (Å²) in [7, 11) is 0. The maximum absolute atomic E-state index is 2.61. The summed E-state index contributed by atoms with van der Waals surface area (Å²) in [6.45, 7) is 9.41. The van der Waals surface area contributed by atoms with Gasteiger partial charge in [-0.3, -0.25) is 0 Å². The van der Waals surface area contributed by atoms with Crippen LogP contribution >= 0.6 is 0 Å². The van der Waals surface area contributed by atoms with Gasteiger partial charge in [0.2, 0.25) is 0 Å². The number of fused-ring (bicyclic) bond motifs is 2. The van der Waals surface area contributed by atoms with Gasteiger partial charge in [-0.2, -0.15) is 0 Å². The van der Waals surface area contributed by atoms with Gasteiger partial charge in [-0.1, -0.05) is 101 Å². The number of benzene rings is 2. The van der Waals surface area contributed by atoms with Crippen LogP contribution in [-0.4, -0.2) is 0 Å². The van der Waals surface area contributed by atoms with E-state index >= 15 is 0 Å². The van der Waals surface area contributed by atoms with E-state index in [4.69, 9.17) is 0 Å². The van der Waals surface area contributed by atoms with E-state index in [1.807, 2.05) is 0 Å². The first-order valence-electron chi connectivity index (χ1n) is 11.8. The molecule has 29 heavy (non-hydrogen) atoms. The number of allylic oxidation sites excluding steroid dienone is 4. The first-order valence-corrected chi connectivity index (χ1v) is 11.8. The van der Waals surface area contributed by atoms with Crippen LogP contribution in [0.1, 0.15) is 93.9 Å². The van der Waals surface area contributed by atoms with Gasteiger partial charge in [0.05, 0.1) is 0 Å². The second kappa shape index (κ2) is 8.74. The van der Waals surface area contributed by atoms with Gasteiger partial charge in [-0.25, -0.2) is 0 Å². The van der Waals surface area contributed by atoms with Crippen LogP contribution < -0.4 is 0 Å². The molecule has 0 heteroatoms. The number of hydrogen-bond donors (Lipinski definition) is 0. The molecule has 4 rings (SSSR count). The van der Waals surface area contributed by atoms with Crippen molar-refractivity contribution in [1.82, 2.24) is 0 Å². The van der Waals surface area contributed by atoms with Crippen molar-refractivity contribution < 1.29 is 0 Å². The first-order chi connectivity index (χ1) is 14.1. The molecule has 0 N–H and O–H groups in total. The van der Waals surface area contributed by atoms with Gasteiger partial charge in [-0.15, -0.1) is 0 Å². The minimum Gasteiger partial charge on any atom is -0.0729 e. The van der Waals surface area contributed by atoms with E-state index in [9.17, 15) is 0 Å². The lowest BCUT2D eigenvalue weighted by Gasteiger charge is -2.16. The zero-order chi connectivity index (χ0) is 20.4. The zero-order valence-electron chi connectivity index (χ0n) is 18.6. The molecule has 2 aliphatic carbocycles. The fourth-order valence-corrected chi connectivity index (χ4v) is 5.66. The molecule has 0 amide bonds. The maximum Gasteiger partial charge on any atom is 0.00389 e. The van der Waals surface area contributed by atoms with E-state index in [1.165, 1.54) is 43.2 Å². The largest absolute Gasteiger partial charge is 0.0729 e. The highest BCUT2D eigenvalue weighted by molar-refractivity contribution is 5.78. The predicted octanol–water partition coefficient (Wildman–Crippen LogP) is 8.61. The molecule has 0 bridgehead atoms. The topological polar surface area (TPSA) is 0 Å². The molecule has 152 valence electrons. The SMILES string of the molecule is CCCC(C)C1=CC(CC2C=C(C(C)CCC)c3ccccc32)c2ccccc21. The lowest BCUT2D eigenvalue weighted by molar-refractivity contribution is 0.645. The average Bonchev–Trinajstić information content (AvgIpc) is 3.28. The second-order valence-electron chi connectivity index (χ2n) is 9.25. The van der Waals surface area contributed by atoms with Crippen LogP contribution in [0.4, 0.5) is 0 Å². The Morgan fingerprint density at radius 3 is 1.48 bits per heavy atom. The Bertz CT molecular complexity index is 838. The van der Waals surface area contributed by atoms with Gasteiger partial charge in [0.15, 0.2) is 0 Å². The van der Waals surface area contributed by atoms with Gasteiger partial charge in [0, 0.05) is 11.8 Å². The van der Waals surface area contributed by atoms with Crippen molar-refractivity contribution in [2.24, 2.45) is 11.8 Å². The van der Waals surface area contributed by atoms with E-state index in [1.54, 1.807) is 22.3 Å². The van der Waals surface area contributed by atoms with E-state index in [2.05, 4.69) is 88.4 Å². The summed E-state index contributed by atoms with van der Waals surface area (Å²) in [6, 6.07) is 18.3. The highest BCUT2D eigenvalue weighted by atomic mass is 14.4. The molecule has 4 unspecified atom stereocenters. The van der Waals surface area contributed by atoms with E-state index in [0.717, 1.165) is 0 Å². The molecule has 0 saturated heterocycles. The molecule has 0 radical (unpaired) electrons. The van der Waals surface area contributed by atoms with Gasteiger partial charge < -0.3 is 0 Å². The summed E-state index contributed by atoms with van der Waals surface area (Å²) in [6.07, 6.45) is 11.5. The van der Waals surface area contributed by atoms with Gasteiger partial charge >= 0.3 is 0 Å². The molecule has 0 heterocycles. The third-order valence-electron chi connectivity index (χ3n) is 7.12. The monoisotopic (exact) mass is 384 g/mol. The number of hydrogen-bond acceptors (Lipinski definition) is 0. The lowest BCUT2D eigenvalue weighted by atomic mass is 9.87. The van der Waals surface area contributed by atoms with Crippen molar-refractivity contribution in [3.8, 4) is 0 Å². The molecular weight excluding hydrogens is 348 g/mol. The third-order valence-corrected chi connectivity index (χ3v) is 7.12. The van der Waals surface area contributed by atoms with Crippen molar-refractivity contribution in [2.75, 3.05) is 0 Å².